The number of rotatable bonds is 7. The summed E-state index contributed by atoms with van der Waals surface area (Å²) in [4.78, 5) is 34.6. The number of carbonyl (C=O) groups excluding carboxylic acids is 2. The van der Waals surface area contributed by atoms with E-state index >= 15 is 8.78 Å². The number of aromatic nitrogens is 4. The van der Waals surface area contributed by atoms with Crippen LogP contribution in [0.15, 0.2) is 97.2 Å². The fourth-order valence-corrected chi connectivity index (χ4v) is 5.98. The second-order valence-corrected chi connectivity index (χ2v) is 11.8. The molecule has 0 fully saturated rings. The zero-order valence-electron chi connectivity index (χ0n) is 26.0. The van der Waals surface area contributed by atoms with E-state index in [2.05, 4.69) is 15.2 Å². The van der Waals surface area contributed by atoms with Crippen LogP contribution < -0.4 is 4.90 Å². The number of fused-ring (bicyclic) bond motifs is 4. The van der Waals surface area contributed by atoms with Gasteiger partial charge in [0.15, 0.2) is 23.3 Å². The average molecular weight is 647 g/mol. The maximum Gasteiger partial charge on any atom is 0.262 e. The van der Waals surface area contributed by atoms with Crippen LogP contribution in [-0.2, 0) is 16.1 Å². The van der Waals surface area contributed by atoms with E-state index in [4.69, 9.17) is 0 Å². The highest BCUT2D eigenvalue weighted by Crippen LogP contribution is 2.39. The Bertz CT molecular complexity index is 2210. The molecule has 0 spiro atoms. The maximum absolute atomic E-state index is 15.1. The zero-order valence-corrected chi connectivity index (χ0v) is 26.0. The Labute approximate surface area is 273 Å². The van der Waals surface area contributed by atoms with Gasteiger partial charge in [0.25, 0.3) is 5.91 Å². The van der Waals surface area contributed by atoms with E-state index in [1.54, 1.807) is 47.5 Å². The Morgan fingerprint density at radius 2 is 1.54 bits per heavy atom. The highest BCUT2D eigenvalue weighted by Gasteiger charge is 2.36. The molecule has 240 valence electrons. The van der Waals surface area contributed by atoms with Gasteiger partial charge >= 0.3 is 0 Å². The van der Waals surface area contributed by atoms with Gasteiger partial charge < -0.3 is 9.88 Å². The van der Waals surface area contributed by atoms with Crippen molar-refractivity contribution < 1.29 is 22.8 Å². The van der Waals surface area contributed by atoms with Crippen molar-refractivity contribution in [2.75, 3.05) is 11.4 Å². The normalized spacial score (nSPS) is 13.6. The van der Waals surface area contributed by atoms with Crippen LogP contribution in [0.25, 0.3) is 39.6 Å². The van der Waals surface area contributed by atoms with E-state index < -0.39 is 35.8 Å². The van der Waals surface area contributed by atoms with E-state index in [9.17, 15) is 14.0 Å². The molecule has 1 aliphatic heterocycles. The van der Waals surface area contributed by atoms with Crippen LogP contribution in [0.1, 0.15) is 30.8 Å². The average Bonchev–Trinajstić information content (AvgIpc) is 3.68. The molecule has 3 heterocycles. The third-order valence-electron chi connectivity index (χ3n) is 8.37. The molecule has 1 N–H and O–H groups in total. The Hall–Kier alpha value is -5.97. The summed E-state index contributed by atoms with van der Waals surface area (Å²) in [5, 5.41) is 9.41. The smallest absolute Gasteiger partial charge is 0.262 e. The number of nitrogens with zero attached hydrogens (tertiary/aromatic N) is 5. The van der Waals surface area contributed by atoms with Crippen LogP contribution in [0.3, 0.4) is 0 Å². The Morgan fingerprint density at radius 1 is 0.875 bits per heavy atom. The Kier molecular flexibility index (Phi) is 7.88. The second-order valence-electron chi connectivity index (χ2n) is 11.8. The summed E-state index contributed by atoms with van der Waals surface area (Å²) >= 11 is 0. The van der Waals surface area contributed by atoms with Crippen molar-refractivity contribution in [1.29, 1.82) is 0 Å². The van der Waals surface area contributed by atoms with Gasteiger partial charge in [-0.3, -0.25) is 19.1 Å². The first kappa shape index (κ1) is 30.7. The minimum Gasteiger partial charge on any atom is -0.360 e. The molecule has 0 bridgehead atoms. The predicted molar refractivity (Wildman–Crippen MR) is 177 cm³/mol. The number of H-pyrrole nitrogens is 1. The third-order valence-corrected chi connectivity index (χ3v) is 8.37. The molecule has 0 radical (unpaired) electrons. The van der Waals surface area contributed by atoms with Crippen LogP contribution in [0, 0.1) is 17.5 Å². The van der Waals surface area contributed by atoms with Crippen molar-refractivity contribution in [3.63, 3.8) is 0 Å². The zero-order chi connectivity index (χ0) is 33.5. The van der Waals surface area contributed by atoms with Crippen molar-refractivity contribution in [2.45, 2.75) is 26.4 Å². The third kappa shape index (κ3) is 5.53. The van der Waals surface area contributed by atoms with Gasteiger partial charge in [-0.1, -0.05) is 60.7 Å². The molecule has 1 aliphatic rings. The first-order chi connectivity index (χ1) is 23.2. The molecule has 48 heavy (non-hydrogen) atoms. The van der Waals surface area contributed by atoms with Crippen molar-refractivity contribution >= 4 is 40.1 Å². The highest BCUT2D eigenvalue weighted by molar-refractivity contribution is 6.31. The van der Waals surface area contributed by atoms with Gasteiger partial charge in [0, 0.05) is 52.9 Å². The van der Waals surface area contributed by atoms with Crippen molar-refractivity contribution in [3.05, 3.63) is 132 Å². The van der Waals surface area contributed by atoms with Crippen LogP contribution in [0.5, 0.6) is 0 Å². The van der Waals surface area contributed by atoms with Crippen LogP contribution in [0.4, 0.5) is 18.9 Å². The SMILES string of the molecule is CC(C)N(Cc1ccccc1)C(=O)CN1C(=O)/C(=C/c2c[nH]c3cc(F)ccc23)c2nnc(-c3ccccc3)n2-c2cc(F)c(F)cc21. The van der Waals surface area contributed by atoms with Gasteiger partial charge in [0.05, 0.1) is 16.9 Å². The minimum atomic E-state index is -1.19. The number of anilines is 1. The number of aromatic amines is 1. The summed E-state index contributed by atoms with van der Waals surface area (Å²) < 4.78 is 45.7. The molecule has 0 unspecified atom stereocenters. The van der Waals surface area contributed by atoms with Gasteiger partial charge in [-0.05, 0) is 43.7 Å². The molecule has 4 aromatic carbocycles. The number of nitrogens with one attached hydrogen (secondary N) is 1. The van der Waals surface area contributed by atoms with Gasteiger partial charge in [-0.15, -0.1) is 10.2 Å². The Balaban J connectivity index is 1.43. The monoisotopic (exact) mass is 646 g/mol. The lowest BCUT2D eigenvalue weighted by Crippen LogP contribution is -2.45. The number of carbonyl (C=O) groups is 2. The topological polar surface area (TPSA) is 87.1 Å². The van der Waals surface area contributed by atoms with E-state index in [0.717, 1.165) is 22.6 Å². The molecular formula is C37H29F3N6O2. The highest BCUT2D eigenvalue weighted by atomic mass is 19.2. The molecule has 7 rings (SSSR count). The van der Waals surface area contributed by atoms with Gasteiger partial charge in [-0.2, -0.15) is 0 Å². The molecule has 0 saturated carbocycles. The first-order valence-corrected chi connectivity index (χ1v) is 15.3. The molecule has 11 heteroatoms. The van der Waals surface area contributed by atoms with E-state index in [0.29, 0.717) is 22.0 Å². The summed E-state index contributed by atoms with van der Waals surface area (Å²) in [6, 6.07) is 24.3. The van der Waals surface area contributed by atoms with E-state index in [1.807, 2.05) is 50.2 Å². The van der Waals surface area contributed by atoms with Crippen molar-refractivity contribution in [3.8, 4) is 17.1 Å². The number of halogens is 3. The van der Waals surface area contributed by atoms with E-state index in [-0.39, 0.29) is 41.2 Å². The van der Waals surface area contributed by atoms with Crippen LogP contribution >= 0.6 is 0 Å². The van der Waals surface area contributed by atoms with Gasteiger partial charge in [0.2, 0.25) is 5.91 Å². The molecule has 2 amide bonds. The quantitative estimate of drug-likeness (QED) is 0.187. The molecular weight excluding hydrogens is 617 g/mol. The maximum atomic E-state index is 15.1. The molecule has 6 aromatic rings. The molecule has 8 nitrogen and oxygen atoms in total. The number of amides is 2. The van der Waals surface area contributed by atoms with Gasteiger partial charge in [0.1, 0.15) is 12.4 Å². The molecule has 0 saturated heterocycles. The summed E-state index contributed by atoms with van der Waals surface area (Å²) in [5.41, 5.74) is 2.61. The van der Waals surface area contributed by atoms with Crippen LogP contribution in [0.2, 0.25) is 0 Å². The summed E-state index contributed by atoms with van der Waals surface area (Å²) in [7, 11) is 0. The summed E-state index contributed by atoms with van der Waals surface area (Å²) in [6.07, 6.45) is 3.19. The molecule has 0 atom stereocenters. The standard InChI is InChI=1S/C37H29F3N6O2/c1-22(2)44(20-23-9-5-3-6-10-23)34(47)21-45-32-17-29(39)30(40)18-33(32)46-35(24-11-7-4-8-12-24)42-43-36(46)28(37(45)48)15-25-19-41-31-16-26(38)13-14-27(25)31/h3-19,22,41H,20-21H2,1-2H3/b28-15+. The second kappa shape index (κ2) is 12.3. The predicted octanol–water partition coefficient (Wildman–Crippen LogP) is 7.16. The largest absolute Gasteiger partial charge is 0.360 e. The number of hydrogen-bond acceptors (Lipinski definition) is 4. The first-order valence-electron chi connectivity index (χ1n) is 15.3. The minimum absolute atomic E-state index is 0.0129. The number of benzene rings is 4. The lowest BCUT2D eigenvalue weighted by atomic mass is 10.1. The van der Waals surface area contributed by atoms with Crippen LogP contribution in [-0.4, -0.2) is 49.0 Å². The van der Waals surface area contributed by atoms with Gasteiger partial charge in [-0.25, -0.2) is 13.2 Å². The lowest BCUT2D eigenvalue weighted by Gasteiger charge is -2.30. The molecule has 2 aromatic heterocycles. The van der Waals surface area contributed by atoms with Crippen molar-refractivity contribution in [1.82, 2.24) is 24.6 Å². The fourth-order valence-electron chi connectivity index (χ4n) is 5.98. The lowest BCUT2D eigenvalue weighted by molar-refractivity contribution is -0.133. The summed E-state index contributed by atoms with van der Waals surface area (Å²) in [5.74, 6) is -3.52. The Morgan fingerprint density at radius 3 is 2.25 bits per heavy atom. The van der Waals surface area contributed by atoms with Crippen molar-refractivity contribution in [2.24, 2.45) is 0 Å². The summed E-state index contributed by atoms with van der Waals surface area (Å²) in [6.45, 7) is 3.54. The van der Waals surface area contributed by atoms with E-state index in [1.165, 1.54) is 16.7 Å². The number of hydrogen-bond donors (Lipinski definition) is 1. The fraction of sp³-hybridized carbons (Fsp3) is 0.135. The molecule has 0 aliphatic carbocycles.